The third-order valence-corrected chi connectivity index (χ3v) is 13.0. The minimum Gasteiger partial charge on any atom is -0.445 e. The smallest absolute Gasteiger partial charge is 0.410 e. The van der Waals surface area contributed by atoms with Crippen molar-refractivity contribution >= 4 is 45.8 Å². The molecule has 3 aromatic carbocycles. The molecule has 16 nitrogen and oxygen atoms in total. The summed E-state index contributed by atoms with van der Waals surface area (Å²) in [6.07, 6.45) is 4.93. The van der Waals surface area contributed by atoms with Crippen LogP contribution < -0.4 is 10.9 Å². The fourth-order valence-electron chi connectivity index (χ4n) is 9.32. The Bertz CT molecular complexity index is 2500. The molecule has 8 rings (SSSR count). The quantitative estimate of drug-likeness (QED) is 0.168. The van der Waals surface area contributed by atoms with Crippen LogP contribution in [0.5, 0.6) is 0 Å². The summed E-state index contributed by atoms with van der Waals surface area (Å²) in [6.45, 7) is 7.43. The van der Waals surface area contributed by atoms with Crippen LogP contribution in [0.2, 0.25) is 0 Å². The van der Waals surface area contributed by atoms with E-state index in [1.165, 1.54) is 11.7 Å². The number of piperidine rings is 2. The van der Waals surface area contributed by atoms with Crippen molar-refractivity contribution in [1.82, 2.24) is 44.6 Å². The summed E-state index contributed by atoms with van der Waals surface area (Å²) in [5.74, 6) is -0.708. The standard InChI is InChI=1S/C48H59N9O7/c1-33-25-35(26-38-29-57(51-44(33)38)32-64-43(58)30-53(3)48(62)63-31-34-9-5-4-6-10-34)27-42(46(60)55-23-21-54(22-24-55)39-15-17-52(2)18-16-39)50-47(61)56-19-13-36(14-20-56)40-28-37-11-7-8-12-41(37)49-45(40)59/h4-12,25-26,28-29,36,39,42H,13-24,27,30-32H2,1-3H3,(H,49,59)(H,50,61). The zero-order valence-electron chi connectivity index (χ0n) is 37.0. The fraction of sp³-hybridized carbons (Fsp3) is 0.458. The second kappa shape index (κ2) is 20.1. The van der Waals surface area contributed by atoms with Crippen molar-refractivity contribution in [2.24, 2.45) is 0 Å². The lowest BCUT2D eigenvalue weighted by atomic mass is 9.89. The molecule has 1 unspecified atom stereocenters. The van der Waals surface area contributed by atoms with Gasteiger partial charge in [-0.3, -0.25) is 19.3 Å². The number of rotatable bonds is 12. The Labute approximate surface area is 373 Å². The zero-order valence-corrected chi connectivity index (χ0v) is 37.0. The Balaban J connectivity index is 0.913. The summed E-state index contributed by atoms with van der Waals surface area (Å²) in [6, 6.07) is 22.3. The van der Waals surface area contributed by atoms with E-state index in [1.807, 2.05) is 84.6 Å². The molecular weight excluding hydrogens is 815 g/mol. The van der Waals surface area contributed by atoms with Crippen molar-refractivity contribution in [2.45, 2.75) is 70.4 Å². The minimum atomic E-state index is -0.812. The number of carbonyl (C=O) groups excluding carboxylic acids is 4. The first-order chi connectivity index (χ1) is 31.0. The Morgan fingerprint density at radius 2 is 1.55 bits per heavy atom. The molecular formula is C48H59N9O7. The second-order valence-electron chi connectivity index (χ2n) is 17.6. The monoisotopic (exact) mass is 873 g/mol. The molecule has 0 aliphatic carbocycles. The van der Waals surface area contributed by atoms with Crippen LogP contribution >= 0.6 is 0 Å². The summed E-state index contributed by atoms with van der Waals surface area (Å²) < 4.78 is 12.3. The van der Waals surface area contributed by atoms with Crippen LogP contribution in [0.1, 0.15) is 53.9 Å². The molecule has 0 spiro atoms. The van der Waals surface area contributed by atoms with Crippen LogP contribution in [-0.4, -0.2) is 148 Å². The van der Waals surface area contributed by atoms with Crippen LogP contribution in [0.15, 0.2) is 83.8 Å². The Morgan fingerprint density at radius 3 is 2.30 bits per heavy atom. The molecule has 5 heterocycles. The molecule has 64 heavy (non-hydrogen) atoms. The molecule has 2 N–H and O–H groups in total. The van der Waals surface area contributed by atoms with Gasteiger partial charge in [-0.2, -0.15) is 5.10 Å². The third kappa shape index (κ3) is 10.7. The molecule has 3 aliphatic rings. The Kier molecular flexibility index (Phi) is 13.9. The number of fused-ring (bicyclic) bond motifs is 2. The molecule has 3 saturated heterocycles. The molecule has 3 aliphatic heterocycles. The van der Waals surface area contributed by atoms with Crippen molar-refractivity contribution in [1.29, 1.82) is 0 Å². The number of esters is 1. The van der Waals surface area contributed by atoms with Gasteiger partial charge in [-0.05, 0) is 98.9 Å². The number of aromatic amines is 1. The van der Waals surface area contributed by atoms with Crippen LogP contribution in [-0.2, 0) is 38.8 Å². The number of aromatic nitrogens is 3. The minimum absolute atomic E-state index is 0.0186. The molecule has 1 atom stereocenters. The van der Waals surface area contributed by atoms with E-state index in [-0.39, 0.29) is 49.7 Å². The van der Waals surface area contributed by atoms with E-state index >= 15 is 0 Å². The number of piperazine rings is 1. The van der Waals surface area contributed by atoms with Gasteiger partial charge in [0, 0.05) is 81.4 Å². The van der Waals surface area contributed by atoms with Gasteiger partial charge >= 0.3 is 18.1 Å². The molecule has 0 radical (unpaired) electrons. The first kappa shape index (κ1) is 44.4. The van der Waals surface area contributed by atoms with Gasteiger partial charge in [0.1, 0.15) is 19.2 Å². The van der Waals surface area contributed by atoms with Gasteiger partial charge in [-0.15, -0.1) is 0 Å². The number of nitrogens with zero attached hydrogens (tertiary/aromatic N) is 7. The third-order valence-electron chi connectivity index (χ3n) is 13.0. The second-order valence-corrected chi connectivity index (χ2v) is 17.6. The van der Waals surface area contributed by atoms with Gasteiger partial charge in [-0.1, -0.05) is 54.6 Å². The highest BCUT2D eigenvalue weighted by Crippen LogP contribution is 2.28. The van der Waals surface area contributed by atoms with Gasteiger partial charge in [0.25, 0.3) is 5.56 Å². The Hall–Kier alpha value is -6.26. The van der Waals surface area contributed by atoms with Gasteiger partial charge in [0.05, 0.1) is 5.52 Å². The number of benzene rings is 3. The SMILES string of the molecule is Cc1cc(CC(NC(=O)N2CCC(c3cc4ccccc4[nH]c3=O)CC2)C(=O)N2CCN(C3CCN(C)CC3)CC2)cc2cn(COC(=O)CN(C)C(=O)OCc3ccccc3)nc12. The van der Waals surface area contributed by atoms with Crippen LogP contribution in [0, 0.1) is 6.92 Å². The zero-order chi connectivity index (χ0) is 44.7. The Morgan fingerprint density at radius 1 is 0.828 bits per heavy atom. The average molecular weight is 874 g/mol. The van der Waals surface area contributed by atoms with Crippen molar-refractivity contribution in [3.8, 4) is 0 Å². The van der Waals surface area contributed by atoms with Crippen molar-refractivity contribution in [3.05, 3.63) is 112 Å². The number of urea groups is 1. The van der Waals surface area contributed by atoms with E-state index in [2.05, 4.69) is 32.2 Å². The highest BCUT2D eigenvalue weighted by atomic mass is 16.6. The van der Waals surface area contributed by atoms with Crippen LogP contribution in [0.25, 0.3) is 21.8 Å². The number of nitrogens with one attached hydrogen (secondary N) is 2. The lowest BCUT2D eigenvalue weighted by Gasteiger charge is -2.43. The molecule has 0 saturated carbocycles. The first-order valence-electron chi connectivity index (χ1n) is 22.4. The maximum Gasteiger partial charge on any atom is 0.410 e. The van der Waals surface area contributed by atoms with Gasteiger partial charge in [0.2, 0.25) is 5.91 Å². The summed E-state index contributed by atoms with van der Waals surface area (Å²) in [7, 11) is 3.63. The number of likely N-dealkylation sites (N-methyl/N-ethyl adjacent to an activating group) is 1. The first-order valence-corrected chi connectivity index (χ1v) is 22.4. The van der Waals surface area contributed by atoms with E-state index in [1.54, 1.807) is 11.1 Å². The lowest BCUT2D eigenvalue weighted by Crippen LogP contribution is -2.59. The van der Waals surface area contributed by atoms with E-state index in [0.717, 1.165) is 82.5 Å². The van der Waals surface area contributed by atoms with Crippen LogP contribution in [0.3, 0.4) is 0 Å². The predicted octanol–water partition coefficient (Wildman–Crippen LogP) is 4.69. The molecule has 16 heteroatoms. The van der Waals surface area contributed by atoms with Crippen molar-refractivity contribution in [3.63, 3.8) is 0 Å². The van der Waals surface area contributed by atoms with Gasteiger partial charge in [0.15, 0.2) is 6.73 Å². The number of aryl methyl sites for hydroxylation is 1. The van der Waals surface area contributed by atoms with E-state index in [4.69, 9.17) is 9.47 Å². The van der Waals surface area contributed by atoms with Gasteiger partial charge in [-0.25, -0.2) is 14.3 Å². The maximum atomic E-state index is 14.5. The number of hydrogen-bond donors (Lipinski definition) is 2. The topological polar surface area (TPSA) is 166 Å². The molecule has 4 amide bonds. The lowest BCUT2D eigenvalue weighted by molar-refractivity contribution is -0.148. The molecule has 5 aromatic rings. The van der Waals surface area contributed by atoms with E-state index in [0.29, 0.717) is 50.6 Å². The average Bonchev–Trinajstić information content (AvgIpc) is 3.74. The molecule has 2 aromatic heterocycles. The normalized spacial score (nSPS) is 17.4. The number of hydrogen-bond acceptors (Lipinski definition) is 10. The van der Waals surface area contributed by atoms with E-state index < -0.39 is 18.1 Å². The summed E-state index contributed by atoms with van der Waals surface area (Å²) in [5.41, 5.74) is 4.72. The number of para-hydroxylation sites is 1. The fourth-order valence-corrected chi connectivity index (χ4v) is 9.32. The highest BCUT2D eigenvalue weighted by Gasteiger charge is 2.34. The number of H-pyrrole nitrogens is 1. The highest BCUT2D eigenvalue weighted by molar-refractivity contribution is 5.88. The van der Waals surface area contributed by atoms with Crippen LogP contribution in [0.4, 0.5) is 9.59 Å². The summed E-state index contributed by atoms with van der Waals surface area (Å²) in [4.78, 5) is 79.4. The van der Waals surface area contributed by atoms with Crippen molar-refractivity contribution in [2.75, 3.05) is 73.0 Å². The van der Waals surface area contributed by atoms with E-state index in [9.17, 15) is 24.0 Å². The van der Waals surface area contributed by atoms with Gasteiger partial charge < -0.3 is 39.4 Å². The maximum absolute atomic E-state index is 14.5. The molecule has 3 fully saturated rings. The number of amides is 4. The molecule has 0 bridgehead atoms. The summed E-state index contributed by atoms with van der Waals surface area (Å²) >= 11 is 0. The van der Waals surface area contributed by atoms with Crippen molar-refractivity contribution < 1.29 is 28.7 Å². The largest absolute Gasteiger partial charge is 0.445 e. The summed E-state index contributed by atoms with van der Waals surface area (Å²) in [5, 5.41) is 9.57. The predicted molar refractivity (Wildman–Crippen MR) is 243 cm³/mol. The number of ether oxygens (including phenoxy) is 2. The number of pyridine rings is 1. The number of carbonyl (C=O) groups is 4. The molecule has 338 valence electrons. The number of likely N-dealkylation sites (tertiary alicyclic amines) is 2.